The van der Waals surface area contributed by atoms with Crippen molar-refractivity contribution in [3.63, 3.8) is 0 Å². The lowest BCUT2D eigenvalue weighted by atomic mass is 10.00. The molecule has 5 heteroatoms. The molecule has 152 valence electrons. The number of nitrogens with one attached hydrogen (secondary N) is 2. The van der Waals surface area contributed by atoms with Crippen LogP contribution < -0.4 is 5.32 Å². The normalized spacial score (nSPS) is 16.5. The number of carbonyl (C=O) groups is 1. The van der Waals surface area contributed by atoms with Gasteiger partial charge in [0.15, 0.2) is 0 Å². The van der Waals surface area contributed by atoms with Crippen LogP contribution in [0.5, 0.6) is 0 Å². The highest BCUT2D eigenvalue weighted by Crippen LogP contribution is 2.31. The van der Waals surface area contributed by atoms with Crippen LogP contribution in [0.4, 0.5) is 0 Å². The Hall–Kier alpha value is -3.31. The predicted molar refractivity (Wildman–Crippen MR) is 119 cm³/mol. The molecule has 0 bridgehead atoms. The zero-order valence-corrected chi connectivity index (χ0v) is 16.9. The third-order valence-electron chi connectivity index (χ3n) is 5.99. The first kappa shape index (κ1) is 18.7. The average Bonchev–Trinajstić information content (AvgIpc) is 3.41. The molecule has 0 saturated carbocycles. The van der Waals surface area contributed by atoms with Gasteiger partial charge in [0.25, 0.3) is 0 Å². The molecule has 1 atom stereocenters. The molecule has 2 aromatic heterocycles. The number of hydrogen-bond acceptors (Lipinski definition) is 2. The Kier molecular flexibility index (Phi) is 5.11. The van der Waals surface area contributed by atoms with E-state index in [4.69, 9.17) is 0 Å². The van der Waals surface area contributed by atoms with Gasteiger partial charge < -0.3 is 14.9 Å². The van der Waals surface area contributed by atoms with Crippen LogP contribution in [0.2, 0.25) is 0 Å². The van der Waals surface area contributed by atoms with E-state index in [0.717, 1.165) is 25.0 Å². The Bertz CT molecular complexity index is 1140. The Morgan fingerprint density at radius 2 is 1.83 bits per heavy atom. The molecule has 0 radical (unpaired) electrons. The number of nitrogens with zero attached hydrogens (tertiary/aromatic N) is 2. The lowest BCUT2D eigenvalue weighted by Gasteiger charge is -2.36. The molecule has 1 aliphatic heterocycles. The predicted octanol–water partition coefficient (Wildman–Crippen LogP) is 3.73. The summed E-state index contributed by atoms with van der Waals surface area (Å²) in [5, 5.41) is 4.35. The van der Waals surface area contributed by atoms with E-state index in [0.29, 0.717) is 13.1 Å². The van der Waals surface area contributed by atoms with Crippen LogP contribution in [0.1, 0.15) is 22.9 Å². The van der Waals surface area contributed by atoms with E-state index in [1.165, 1.54) is 22.2 Å². The quantitative estimate of drug-likeness (QED) is 0.520. The number of benzene rings is 2. The van der Waals surface area contributed by atoms with Gasteiger partial charge in [0.2, 0.25) is 5.91 Å². The van der Waals surface area contributed by atoms with E-state index in [2.05, 4.69) is 74.5 Å². The smallest absolute Gasteiger partial charge is 0.234 e. The lowest BCUT2D eigenvalue weighted by Crippen LogP contribution is -2.44. The lowest BCUT2D eigenvalue weighted by molar-refractivity contribution is -0.122. The summed E-state index contributed by atoms with van der Waals surface area (Å²) in [7, 11) is 0. The van der Waals surface area contributed by atoms with Crippen LogP contribution in [0, 0.1) is 0 Å². The molecule has 1 unspecified atom stereocenters. The van der Waals surface area contributed by atoms with Gasteiger partial charge in [-0.05, 0) is 35.7 Å². The first-order valence-corrected chi connectivity index (χ1v) is 10.6. The van der Waals surface area contributed by atoms with Gasteiger partial charge in [-0.15, -0.1) is 0 Å². The zero-order chi connectivity index (χ0) is 20.3. The summed E-state index contributed by atoms with van der Waals surface area (Å²) in [5.74, 6) is 0.0794. The topological polar surface area (TPSA) is 53.1 Å². The molecule has 4 aromatic rings. The largest absolute Gasteiger partial charge is 0.361 e. The maximum atomic E-state index is 12.8. The highest BCUT2D eigenvalue weighted by molar-refractivity contribution is 5.83. The minimum atomic E-state index is 0.0794. The van der Waals surface area contributed by atoms with Crippen molar-refractivity contribution in [3.05, 3.63) is 95.9 Å². The summed E-state index contributed by atoms with van der Waals surface area (Å²) in [6.45, 7) is 2.81. The molecule has 30 heavy (non-hydrogen) atoms. The Morgan fingerprint density at radius 3 is 2.73 bits per heavy atom. The van der Waals surface area contributed by atoms with E-state index in [9.17, 15) is 4.79 Å². The second-order valence-corrected chi connectivity index (χ2v) is 7.87. The second-order valence-electron chi connectivity index (χ2n) is 7.87. The number of aromatic nitrogens is 2. The molecule has 0 saturated heterocycles. The van der Waals surface area contributed by atoms with Crippen LogP contribution in [-0.2, 0) is 17.8 Å². The highest BCUT2D eigenvalue weighted by atomic mass is 16.2. The van der Waals surface area contributed by atoms with Crippen molar-refractivity contribution in [1.29, 1.82) is 0 Å². The van der Waals surface area contributed by atoms with Gasteiger partial charge in [-0.1, -0.05) is 48.5 Å². The molecule has 1 aliphatic rings. The summed E-state index contributed by atoms with van der Waals surface area (Å²) in [6.07, 6.45) is 4.99. The van der Waals surface area contributed by atoms with E-state index in [-0.39, 0.29) is 11.9 Å². The number of rotatable bonds is 6. The van der Waals surface area contributed by atoms with Gasteiger partial charge in [0, 0.05) is 48.6 Å². The van der Waals surface area contributed by atoms with Crippen LogP contribution >= 0.6 is 0 Å². The SMILES string of the molecule is O=C(CN1CCn2cccc2C1c1ccccc1)NCCc1c[nH]c2ccccc12. The van der Waals surface area contributed by atoms with Gasteiger partial charge in [0.1, 0.15) is 0 Å². The molecule has 5 rings (SSSR count). The van der Waals surface area contributed by atoms with Crippen LogP contribution in [0.15, 0.2) is 79.1 Å². The van der Waals surface area contributed by atoms with Crippen molar-refractivity contribution in [2.24, 2.45) is 0 Å². The molecular formula is C25H26N4O. The monoisotopic (exact) mass is 398 g/mol. The van der Waals surface area contributed by atoms with Gasteiger partial charge >= 0.3 is 0 Å². The van der Waals surface area contributed by atoms with Crippen molar-refractivity contribution in [3.8, 4) is 0 Å². The highest BCUT2D eigenvalue weighted by Gasteiger charge is 2.29. The summed E-state index contributed by atoms with van der Waals surface area (Å²) in [5.41, 5.74) is 4.85. The minimum absolute atomic E-state index is 0.0794. The van der Waals surface area contributed by atoms with E-state index in [1.54, 1.807) is 0 Å². The number of hydrogen-bond donors (Lipinski definition) is 2. The molecular weight excluding hydrogens is 372 g/mol. The van der Waals surface area contributed by atoms with Crippen molar-refractivity contribution in [1.82, 2.24) is 19.8 Å². The van der Waals surface area contributed by atoms with E-state index < -0.39 is 0 Å². The van der Waals surface area contributed by atoms with Gasteiger partial charge in [-0.2, -0.15) is 0 Å². The van der Waals surface area contributed by atoms with Gasteiger partial charge in [0.05, 0.1) is 12.6 Å². The Morgan fingerprint density at radius 1 is 1.00 bits per heavy atom. The van der Waals surface area contributed by atoms with Crippen molar-refractivity contribution in [2.45, 2.75) is 19.0 Å². The molecule has 3 heterocycles. The summed E-state index contributed by atoms with van der Waals surface area (Å²) >= 11 is 0. The molecule has 5 nitrogen and oxygen atoms in total. The average molecular weight is 399 g/mol. The summed E-state index contributed by atoms with van der Waals surface area (Å²) in [4.78, 5) is 18.3. The fourth-order valence-electron chi connectivity index (χ4n) is 4.53. The molecule has 2 aromatic carbocycles. The maximum absolute atomic E-state index is 12.8. The molecule has 0 aliphatic carbocycles. The molecule has 1 amide bonds. The fourth-order valence-corrected chi connectivity index (χ4v) is 4.53. The number of aromatic amines is 1. The van der Waals surface area contributed by atoms with Gasteiger partial charge in [-0.3, -0.25) is 9.69 Å². The Balaban J connectivity index is 1.25. The molecule has 0 fully saturated rings. The number of carbonyl (C=O) groups excluding carboxylic acids is 1. The standard InChI is InChI=1S/C25H26N4O/c30-24(26-13-12-20-17-27-22-10-5-4-9-21(20)22)18-29-16-15-28-14-6-11-23(28)25(29)19-7-2-1-3-8-19/h1-11,14,17,25,27H,12-13,15-16,18H2,(H,26,30). The molecule has 2 N–H and O–H groups in total. The second kappa shape index (κ2) is 8.20. The first-order chi connectivity index (χ1) is 14.8. The van der Waals surface area contributed by atoms with Gasteiger partial charge in [-0.25, -0.2) is 0 Å². The minimum Gasteiger partial charge on any atom is -0.361 e. The molecule has 0 spiro atoms. The van der Waals surface area contributed by atoms with Crippen molar-refractivity contribution in [2.75, 3.05) is 19.6 Å². The summed E-state index contributed by atoms with van der Waals surface area (Å²) < 4.78 is 2.29. The first-order valence-electron chi connectivity index (χ1n) is 10.6. The number of para-hydroxylation sites is 1. The Labute approximate surface area is 176 Å². The summed E-state index contributed by atoms with van der Waals surface area (Å²) in [6, 6.07) is 23.1. The van der Waals surface area contributed by atoms with E-state index in [1.807, 2.05) is 24.4 Å². The number of H-pyrrole nitrogens is 1. The third-order valence-corrected chi connectivity index (χ3v) is 5.99. The van der Waals surface area contributed by atoms with Crippen molar-refractivity contribution >= 4 is 16.8 Å². The maximum Gasteiger partial charge on any atom is 0.234 e. The number of fused-ring (bicyclic) bond motifs is 2. The van der Waals surface area contributed by atoms with E-state index >= 15 is 0 Å². The van der Waals surface area contributed by atoms with Crippen LogP contribution in [0.25, 0.3) is 10.9 Å². The zero-order valence-electron chi connectivity index (χ0n) is 16.9. The third kappa shape index (κ3) is 3.64. The van der Waals surface area contributed by atoms with Crippen LogP contribution in [-0.4, -0.2) is 40.0 Å². The number of amides is 1. The fraction of sp³-hybridized carbons (Fsp3) is 0.240. The van der Waals surface area contributed by atoms with Crippen LogP contribution in [0.3, 0.4) is 0 Å². The van der Waals surface area contributed by atoms with Crippen molar-refractivity contribution < 1.29 is 4.79 Å².